The van der Waals surface area contributed by atoms with Crippen LogP contribution in [0.25, 0.3) is 11.6 Å². The highest BCUT2D eigenvalue weighted by atomic mass is 32.2. The van der Waals surface area contributed by atoms with E-state index >= 15 is 0 Å². The largest absolute Gasteiger partial charge is 0.461 e. The molecule has 6 nitrogen and oxygen atoms in total. The van der Waals surface area contributed by atoms with E-state index in [2.05, 4.69) is 10.2 Å². The SMILES string of the molecule is CCn1c(S[C@@H](C)C(=O)N(C)c2ccccc2)nnc1-c1ccco1. The van der Waals surface area contributed by atoms with Crippen molar-refractivity contribution in [1.82, 2.24) is 14.8 Å². The smallest absolute Gasteiger partial charge is 0.240 e. The molecule has 3 rings (SSSR count). The van der Waals surface area contributed by atoms with E-state index in [-0.39, 0.29) is 11.2 Å². The summed E-state index contributed by atoms with van der Waals surface area (Å²) >= 11 is 1.40. The van der Waals surface area contributed by atoms with E-state index in [9.17, 15) is 4.79 Å². The number of carbonyl (C=O) groups is 1. The summed E-state index contributed by atoms with van der Waals surface area (Å²) in [6.07, 6.45) is 1.61. The van der Waals surface area contributed by atoms with Crippen molar-refractivity contribution in [2.45, 2.75) is 30.8 Å². The molecule has 0 aliphatic heterocycles. The van der Waals surface area contributed by atoms with Crippen LogP contribution < -0.4 is 4.90 Å². The van der Waals surface area contributed by atoms with Crippen molar-refractivity contribution in [1.29, 1.82) is 0 Å². The van der Waals surface area contributed by atoms with E-state index in [1.807, 2.05) is 60.9 Å². The molecule has 0 N–H and O–H groups in total. The zero-order chi connectivity index (χ0) is 17.8. The van der Waals surface area contributed by atoms with Crippen LogP contribution in [-0.2, 0) is 11.3 Å². The molecular weight excluding hydrogens is 336 g/mol. The lowest BCUT2D eigenvalue weighted by Gasteiger charge is -2.21. The van der Waals surface area contributed by atoms with Crippen LogP contribution in [0.5, 0.6) is 0 Å². The molecule has 0 saturated heterocycles. The first-order valence-electron chi connectivity index (χ1n) is 8.08. The van der Waals surface area contributed by atoms with Gasteiger partial charge in [-0.2, -0.15) is 0 Å². The number of hydrogen-bond acceptors (Lipinski definition) is 5. The topological polar surface area (TPSA) is 64.2 Å². The molecule has 7 heteroatoms. The van der Waals surface area contributed by atoms with Gasteiger partial charge in [0.2, 0.25) is 5.91 Å². The minimum Gasteiger partial charge on any atom is -0.461 e. The fraction of sp³-hybridized carbons (Fsp3) is 0.278. The van der Waals surface area contributed by atoms with Gasteiger partial charge in [-0.15, -0.1) is 10.2 Å². The summed E-state index contributed by atoms with van der Waals surface area (Å²) in [5, 5.41) is 8.88. The van der Waals surface area contributed by atoms with Crippen LogP contribution in [0.4, 0.5) is 5.69 Å². The highest BCUT2D eigenvalue weighted by Gasteiger charge is 2.23. The summed E-state index contributed by atoms with van der Waals surface area (Å²) in [6, 6.07) is 13.3. The summed E-state index contributed by atoms with van der Waals surface area (Å²) in [4.78, 5) is 14.4. The van der Waals surface area contributed by atoms with Gasteiger partial charge in [-0.25, -0.2) is 0 Å². The number of benzene rings is 1. The van der Waals surface area contributed by atoms with E-state index in [0.29, 0.717) is 23.3 Å². The van der Waals surface area contributed by atoms with Crippen molar-refractivity contribution in [3.05, 3.63) is 48.7 Å². The predicted octanol–water partition coefficient (Wildman–Crippen LogP) is 3.70. The quantitative estimate of drug-likeness (QED) is 0.630. The Morgan fingerprint density at radius 1 is 1.24 bits per heavy atom. The molecule has 0 unspecified atom stereocenters. The standard InChI is InChI=1S/C18H20N4O2S/c1-4-22-16(15-11-8-12-24-15)19-20-18(22)25-13(2)17(23)21(3)14-9-6-5-7-10-14/h5-13H,4H2,1-3H3/t13-/m0/s1. The first-order chi connectivity index (χ1) is 12.1. The van der Waals surface area contributed by atoms with Crippen LogP contribution in [-0.4, -0.2) is 33.0 Å². The number of carbonyl (C=O) groups excluding carboxylic acids is 1. The number of para-hydroxylation sites is 1. The van der Waals surface area contributed by atoms with Gasteiger partial charge in [0, 0.05) is 19.3 Å². The maximum absolute atomic E-state index is 12.7. The molecule has 0 aliphatic carbocycles. The van der Waals surface area contributed by atoms with Crippen LogP contribution in [0.3, 0.4) is 0 Å². The molecule has 0 bridgehead atoms. The molecule has 0 radical (unpaired) electrons. The molecular formula is C18H20N4O2S. The Balaban J connectivity index is 1.77. The Morgan fingerprint density at radius 3 is 2.64 bits per heavy atom. The molecule has 1 aromatic carbocycles. The molecule has 0 spiro atoms. The molecule has 0 saturated carbocycles. The number of hydrogen-bond donors (Lipinski definition) is 0. The number of amides is 1. The van der Waals surface area contributed by atoms with Crippen LogP contribution in [0, 0.1) is 0 Å². The average Bonchev–Trinajstić information content (AvgIpc) is 3.30. The zero-order valence-corrected chi connectivity index (χ0v) is 15.2. The van der Waals surface area contributed by atoms with Gasteiger partial charge in [-0.1, -0.05) is 30.0 Å². The van der Waals surface area contributed by atoms with Crippen molar-refractivity contribution in [2.75, 3.05) is 11.9 Å². The van der Waals surface area contributed by atoms with Gasteiger partial charge in [0.05, 0.1) is 11.5 Å². The summed E-state index contributed by atoms with van der Waals surface area (Å²) in [6.45, 7) is 4.59. The van der Waals surface area contributed by atoms with Gasteiger partial charge in [0.25, 0.3) is 0 Å². The van der Waals surface area contributed by atoms with Crippen molar-refractivity contribution in [2.24, 2.45) is 0 Å². The van der Waals surface area contributed by atoms with Crippen molar-refractivity contribution < 1.29 is 9.21 Å². The molecule has 0 fully saturated rings. The Morgan fingerprint density at radius 2 is 2.00 bits per heavy atom. The second-order valence-corrected chi connectivity index (χ2v) is 6.83. The normalized spacial score (nSPS) is 12.1. The summed E-state index contributed by atoms with van der Waals surface area (Å²) in [5.74, 6) is 1.36. The average molecular weight is 356 g/mol. The Hall–Kier alpha value is -2.54. The summed E-state index contributed by atoms with van der Waals surface area (Å²) in [5.41, 5.74) is 0.869. The van der Waals surface area contributed by atoms with E-state index < -0.39 is 0 Å². The fourth-order valence-corrected chi connectivity index (χ4v) is 3.52. The van der Waals surface area contributed by atoms with Crippen molar-refractivity contribution in [3.8, 4) is 11.6 Å². The van der Waals surface area contributed by atoms with E-state index in [1.54, 1.807) is 18.2 Å². The number of furan rings is 1. The van der Waals surface area contributed by atoms with Crippen LogP contribution in [0.1, 0.15) is 13.8 Å². The molecule has 3 aromatic rings. The van der Waals surface area contributed by atoms with Crippen LogP contribution in [0.15, 0.2) is 58.3 Å². The molecule has 1 atom stereocenters. The Labute approximate surface area is 150 Å². The van der Waals surface area contributed by atoms with Crippen molar-refractivity contribution in [3.63, 3.8) is 0 Å². The number of anilines is 1. The van der Waals surface area contributed by atoms with Gasteiger partial charge in [-0.3, -0.25) is 9.36 Å². The van der Waals surface area contributed by atoms with Gasteiger partial charge < -0.3 is 9.32 Å². The first-order valence-corrected chi connectivity index (χ1v) is 8.96. The van der Waals surface area contributed by atoms with E-state index in [0.717, 1.165) is 5.69 Å². The van der Waals surface area contributed by atoms with Crippen LogP contribution in [0.2, 0.25) is 0 Å². The molecule has 0 aliphatic rings. The maximum Gasteiger partial charge on any atom is 0.240 e. The Bertz CT molecular complexity index is 830. The lowest BCUT2D eigenvalue weighted by Crippen LogP contribution is -2.33. The molecule has 25 heavy (non-hydrogen) atoms. The van der Waals surface area contributed by atoms with Gasteiger partial charge in [-0.05, 0) is 38.1 Å². The molecule has 130 valence electrons. The first kappa shape index (κ1) is 17.3. The summed E-state index contributed by atoms with van der Waals surface area (Å²) in [7, 11) is 1.79. The molecule has 2 heterocycles. The highest BCUT2D eigenvalue weighted by molar-refractivity contribution is 8.00. The predicted molar refractivity (Wildman–Crippen MR) is 98.6 cm³/mol. The second kappa shape index (κ2) is 7.57. The lowest BCUT2D eigenvalue weighted by atomic mass is 10.3. The Kier molecular flexibility index (Phi) is 5.23. The van der Waals surface area contributed by atoms with Crippen molar-refractivity contribution >= 4 is 23.4 Å². The molecule has 2 aromatic heterocycles. The fourth-order valence-electron chi connectivity index (χ4n) is 2.51. The highest BCUT2D eigenvalue weighted by Crippen LogP contribution is 2.28. The summed E-state index contributed by atoms with van der Waals surface area (Å²) < 4.78 is 7.37. The third-order valence-corrected chi connectivity index (χ3v) is 4.95. The van der Waals surface area contributed by atoms with Crippen LogP contribution >= 0.6 is 11.8 Å². The minimum atomic E-state index is -0.288. The van der Waals surface area contributed by atoms with E-state index in [4.69, 9.17) is 4.42 Å². The van der Waals surface area contributed by atoms with Gasteiger partial charge in [0.1, 0.15) is 0 Å². The van der Waals surface area contributed by atoms with E-state index in [1.165, 1.54) is 11.8 Å². The third-order valence-electron chi connectivity index (χ3n) is 3.88. The number of nitrogens with zero attached hydrogens (tertiary/aromatic N) is 4. The third kappa shape index (κ3) is 3.61. The monoisotopic (exact) mass is 356 g/mol. The number of rotatable bonds is 6. The van der Waals surface area contributed by atoms with Gasteiger partial charge >= 0.3 is 0 Å². The second-order valence-electron chi connectivity index (χ2n) is 5.52. The lowest BCUT2D eigenvalue weighted by molar-refractivity contribution is -0.117. The minimum absolute atomic E-state index is 0.0152. The number of thioether (sulfide) groups is 1. The molecule has 1 amide bonds. The van der Waals surface area contributed by atoms with Gasteiger partial charge in [0.15, 0.2) is 16.7 Å². The zero-order valence-electron chi connectivity index (χ0n) is 14.4. The maximum atomic E-state index is 12.7. The number of aromatic nitrogens is 3.